The lowest BCUT2D eigenvalue weighted by atomic mass is 9.94. The van der Waals surface area contributed by atoms with E-state index < -0.39 is 0 Å². The van der Waals surface area contributed by atoms with Crippen LogP contribution in [0.2, 0.25) is 0 Å². The quantitative estimate of drug-likeness (QED) is 0.317. The second kappa shape index (κ2) is 9.57. The molecule has 0 aliphatic rings. The van der Waals surface area contributed by atoms with Gasteiger partial charge in [0.25, 0.3) is 0 Å². The van der Waals surface area contributed by atoms with Gasteiger partial charge in [-0.1, -0.05) is 6.58 Å². The van der Waals surface area contributed by atoms with Crippen molar-refractivity contribution in [2.45, 2.75) is 0 Å². The van der Waals surface area contributed by atoms with Gasteiger partial charge in [0.05, 0.1) is 35.5 Å². The first kappa shape index (κ1) is 23.3. The zero-order chi connectivity index (χ0) is 24.4. The average molecular weight is 479 g/mol. The lowest BCUT2D eigenvalue weighted by Crippen LogP contribution is -1.97. The number of phenolic OH excluding ortho intramolecular Hbond substituents is 1. The minimum Gasteiger partial charge on any atom is -0.504 e. The van der Waals surface area contributed by atoms with Gasteiger partial charge in [0, 0.05) is 20.5 Å². The Bertz CT molecular complexity index is 1350. The molecule has 0 bridgehead atoms. The van der Waals surface area contributed by atoms with E-state index in [-0.39, 0.29) is 5.75 Å². The molecule has 34 heavy (non-hydrogen) atoms. The van der Waals surface area contributed by atoms with E-state index in [1.165, 1.54) is 7.11 Å². The maximum absolute atomic E-state index is 10.4. The fourth-order valence-corrected chi connectivity index (χ4v) is 5.19. The zero-order valence-corrected chi connectivity index (χ0v) is 20.5. The second-order valence-electron chi connectivity index (χ2n) is 7.45. The van der Waals surface area contributed by atoms with Gasteiger partial charge in [0.15, 0.2) is 23.0 Å². The van der Waals surface area contributed by atoms with Crippen molar-refractivity contribution >= 4 is 27.0 Å². The Labute approximate surface area is 202 Å². The predicted octanol–water partition coefficient (Wildman–Crippen LogP) is 6.38. The molecule has 0 saturated heterocycles. The number of aromatic hydroxyl groups is 1. The maximum atomic E-state index is 10.4. The van der Waals surface area contributed by atoms with Crippen LogP contribution in [-0.4, -0.2) is 40.7 Å². The van der Waals surface area contributed by atoms with Crippen molar-refractivity contribution in [1.82, 2.24) is 0 Å². The summed E-state index contributed by atoms with van der Waals surface area (Å²) in [6.07, 6.45) is 0. The fourth-order valence-electron chi connectivity index (χ4n) is 3.94. The van der Waals surface area contributed by atoms with E-state index in [4.69, 9.17) is 23.7 Å². The number of thiophene rings is 1. The summed E-state index contributed by atoms with van der Waals surface area (Å²) in [5, 5.41) is 11.5. The Morgan fingerprint density at radius 2 is 1.44 bits per heavy atom. The van der Waals surface area contributed by atoms with Crippen LogP contribution in [0.25, 0.3) is 26.1 Å². The molecule has 0 radical (unpaired) electrons. The largest absolute Gasteiger partial charge is 0.504 e. The van der Waals surface area contributed by atoms with Gasteiger partial charge in [0.1, 0.15) is 5.75 Å². The first-order valence-electron chi connectivity index (χ1n) is 10.4. The molecule has 0 atom stereocenters. The number of fused-ring (bicyclic) bond motifs is 1. The summed E-state index contributed by atoms with van der Waals surface area (Å²) in [6, 6.07) is 15.1. The number of phenols is 1. The van der Waals surface area contributed by atoms with Gasteiger partial charge in [-0.3, -0.25) is 0 Å². The van der Waals surface area contributed by atoms with Crippen LogP contribution in [-0.2, 0) is 0 Å². The van der Waals surface area contributed by atoms with Crippen LogP contribution in [0.15, 0.2) is 55.1 Å². The highest BCUT2D eigenvalue weighted by Gasteiger charge is 2.22. The third-order valence-corrected chi connectivity index (χ3v) is 6.85. The molecule has 6 nitrogen and oxygen atoms in total. The molecule has 0 saturated carbocycles. The minimum absolute atomic E-state index is 0.0689. The molecular formula is C27H26O6S. The van der Waals surface area contributed by atoms with Gasteiger partial charge in [-0.15, -0.1) is 11.3 Å². The van der Waals surface area contributed by atoms with Gasteiger partial charge in [-0.05, 0) is 65.2 Å². The van der Waals surface area contributed by atoms with E-state index in [1.807, 2.05) is 36.4 Å². The highest BCUT2D eigenvalue weighted by Crippen LogP contribution is 2.48. The number of hydrogen-bond acceptors (Lipinski definition) is 7. The summed E-state index contributed by atoms with van der Waals surface area (Å²) in [5.41, 5.74) is 3.40. The molecular weight excluding hydrogens is 452 g/mol. The number of ether oxygens (including phenoxy) is 5. The average Bonchev–Trinajstić information content (AvgIpc) is 3.25. The SMILES string of the molecule is C=C(c1cc(OC)c(OC)c(OC)c1)c1c(-c2ccc(OC)c(O)c2)sc2cc(OC)ccc12. The van der Waals surface area contributed by atoms with Crippen LogP contribution in [0.1, 0.15) is 11.1 Å². The smallest absolute Gasteiger partial charge is 0.203 e. The highest BCUT2D eigenvalue weighted by atomic mass is 32.1. The molecule has 176 valence electrons. The number of methoxy groups -OCH3 is 5. The fraction of sp³-hybridized carbons (Fsp3) is 0.185. The lowest BCUT2D eigenvalue weighted by molar-refractivity contribution is 0.324. The molecule has 3 aromatic carbocycles. The molecule has 0 amide bonds. The first-order chi connectivity index (χ1) is 16.4. The summed E-state index contributed by atoms with van der Waals surface area (Å²) in [6.45, 7) is 4.45. The summed E-state index contributed by atoms with van der Waals surface area (Å²) in [7, 11) is 7.91. The van der Waals surface area contributed by atoms with E-state index in [1.54, 1.807) is 51.9 Å². The maximum Gasteiger partial charge on any atom is 0.203 e. The van der Waals surface area contributed by atoms with Crippen molar-refractivity contribution in [2.75, 3.05) is 35.5 Å². The van der Waals surface area contributed by atoms with E-state index in [0.29, 0.717) is 23.0 Å². The molecule has 1 heterocycles. The predicted molar refractivity (Wildman–Crippen MR) is 136 cm³/mol. The van der Waals surface area contributed by atoms with Crippen LogP contribution < -0.4 is 23.7 Å². The second-order valence-corrected chi connectivity index (χ2v) is 8.50. The Hall–Kier alpha value is -3.84. The molecule has 0 aliphatic carbocycles. The van der Waals surface area contributed by atoms with E-state index >= 15 is 0 Å². The van der Waals surface area contributed by atoms with Gasteiger partial charge in [-0.25, -0.2) is 0 Å². The van der Waals surface area contributed by atoms with Crippen molar-refractivity contribution < 1.29 is 28.8 Å². The molecule has 0 fully saturated rings. The molecule has 4 aromatic rings. The van der Waals surface area contributed by atoms with Crippen LogP contribution in [0.5, 0.6) is 34.5 Å². The van der Waals surface area contributed by atoms with Gasteiger partial charge >= 0.3 is 0 Å². The number of benzene rings is 3. The number of rotatable bonds is 8. The summed E-state index contributed by atoms with van der Waals surface area (Å²) in [5.74, 6) is 2.85. The summed E-state index contributed by atoms with van der Waals surface area (Å²) in [4.78, 5) is 0.958. The standard InChI is InChI=1S/C27H26O6S/c1-15(17-12-22(31-4)26(33-6)23(13-17)32-5)25-19-9-8-18(29-2)14-24(19)34-27(25)16-7-10-21(30-3)20(28)11-16/h7-14,28H,1H2,2-6H3. The molecule has 0 aliphatic heterocycles. The Kier molecular flexibility index (Phi) is 6.56. The number of hydrogen-bond donors (Lipinski definition) is 1. The lowest BCUT2D eigenvalue weighted by Gasteiger charge is -2.16. The van der Waals surface area contributed by atoms with E-state index in [9.17, 15) is 5.11 Å². The topological polar surface area (TPSA) is 66.4 Å². The van der Waals surface area contributed by atoms with Crippen molar-refractivity contribution in [3.05, 3.63) is 66.2 Å². The van der Waals surface area contributed by atoms with Crippen LogP contribution in [0.3, 0.4) is 0 Å². The van der Waals surface area contributed by atoms with Crippen molar-refractivity contribution in [2.24, 2.45) is 0 Å². The van der Waals surface area contributed by atoms with Crippen molar-refractivity contribution in [3.63, 3.8) is 0 Å². The third-order valence-electron chi connectivity index (χ3n) is 5.65. The van der Waals surface area contributed by atoms with E-state index in [2.05, 4.69) is 6.58 Å². The minimum atomic E-state index is 0.0689. The van der Waals surface area contributed by atoms with Crippen LogP contribution in [0, 0.1) is 0 Å². The first-order valence-corrected chi connectivity index (χ1v) is 11.2. The highest BCUT2D eigenvalue weighted by molar-refractivity contribution is 7.22. The Morgan fingerprint density at radius 1 is 0.765 bits per heavy atom. The molecule has 0 spiro atoms. The molecule has 4 rings (SSSR count). The van der Waals surface area contributed by atoms with Crippen LogP contribution >= 0.6 is 11.3 Å². The third kappa shape index (κ3) is 3.99. The summed E-state index contributed by atoms with van der Waals surface area (Å²) >= 11 is 1.60. The van der Waals surface area contributed by atoms with Gasteiger partial charge in [0.2, 0.25) is 5.75 Å². The van der Waals surface area contributed by atoms with Gasteiger partial charge < -0.3 is 28.8 Å². The molecule has 1 aromatic heterocycles. The van der Waals surface area contributed by atoms with Crippen LogP contribution in [0.4, 0.5) is 0 Å². The van der Waals surface area contributed by atoms with Crippen molar-refractivity contribution in [1.29, 1.82) is 0 Å². The van der Waals surface area contributed by atoms with E-state index in [0.717, 1.165) is 43.0 Å². The molecule has 1 N–H and O–H groups in total. The molecule has 0 unspecified atom stereocenters. The van der Waals surface area contributed by atoms with Gasteiger partial charge in [-0.2, -0.15) is 0 Å². The Balaban J connectivity index is 1.97. The summed E-state index contributed by atoms with van der Waals surface area (Å²) < 4.78 is 28.3. The van der Waals surface area contributed by atoms with Crippen molar-refractivity contribution in [3.8, 4) is 44.9 Å². The normalized spacial score (nSPS) is 10.7. The Morgan fingerprint density at radius 3 is 2.00 bits per heavy atom. The molecule has 7 heteroatoms. The monoisotopic (exact) mass is 478 g/mol. The zero-order valence-electron chi connectivity index (χ0n) is 19.7.